The molecular formula is C17H28O3. The SMILES string of the molecule is CCCCC=CCC(CCCCC)C1CC(=O)OC1=O. The second-order valence-corrected chi connectivity index (χ2v) is 5.71. The molecule has 0 amide bonds. The molecule has 0 saturated carbocycles. The van der Waals surface area contributed by atoms with E-state index in [2.05, 4.69) is 26.0 Å². The van der Waals surface area contributed by atoms with Crippen molar-refractivity contribution in [3.63, 3.8) is 0 Å². The number of allylic oxidation sites excluding steroid dienone is 2. The highest BCUT2D eigenvalue weighted by molar-refractivity contribution is 5.94. The Morgan fingerprint density at radius 3 is 2.50 bits per heavy atom. The van der Waals surface area contributed by atoms with Gasteiger partial charge in [-0.05, 0) is 25.2 Å². The zero-order valence-corrected chi connectivity index (χ0v) is 12.9. The van der Waals surface area contributed by atoms with Crippen LogP contribution >= 0.6 is 0 Å². The van der Waals surface area contributed by atoms with Crippen LogP contribution in [-0.2, 0) is 14.3 Å². The van der Waals surface area contributed by atoms with Gasteiger partial charge in [0.25, 0.3) is 0 Å². The summed E-state index contributed by atoms with van der Waals surface area (Å²) in [6.07, 6.45) is 13.6. The molecule has 3 heteroatoms. The molecule has 0 N–H and O–H groups in total. The fourth-order valence-corrected chi connectivity index (χ4v) is 2.70. The van der Waals surface area contributed by atoms with Crippen LogP contribution in [0.3, 0.4) is 0 Å². The number of esters is 2. The monoisotopic (exact) mass is 280 g/mol. The van der Waals surface area contributed by atoms with Gasteiger partial charge in [0.05, 0.1) is 12.3 Å². The van der Waals surface area contributed by atoms with Crippen LogP contribution in [-0.4, -0.2) is 11.9 Å². The first-order valence-electron chi connectivity index (χ1n) is 8.08. The van der Waals surface area contributed by atoms with E-state index < -0.39 is 0 Å². The number of unbranched alkanes of at least 4 members (excludes halogenated alkanes) is 4. The molecule has 20 heavy (non-hydrogen) atoms. The maximum atomic E-state index is 11.7. The van der Waals surface area contributed by atoms with E-state index in [9.17, 15) is 9.59 Å². The van der Waals surface area contributed by atoms with Crippen LogP contribution in [0.4, 0.5) is 0 Å². The largest absolute Gasteiger partial charge is 0.393 e. The van der Waals surface area contributed by atoms with Gasteiger partial charge in [-0.2, -0.15) is 0 Å². The third-order valence-corrected chi connectivity index (χ3v) is 3.98. The number of hydrogen-bond acceptors (Lipinski definition) is 3. The Kier molecular flexibility index (Phi) is 8.24. The number of carbonyl (C=O) groups is 2. The first-order chi connectivity index (χ1) is 9.69. The number of ether oxygens (including phenoxy) is 1. The lowest BCUT2D eigenvalue weighted by molar-refractivity contribution is -0.153. The van der Waals surface area contributed by atoms with Crippen molar-refractivity contribution in [3.05, 3.63) is 12.2 Å². The first kappa shape index (κ1) is 16.9. The number of hydrogen-bond donors (Lipinski definition) is 0. The Balaban J connectivity index is 2.48. The second-order valence-electron chi connectivity index (χ2n) is 5.71. The van der Waals surface area contributed by atoms with Crippen LogP contribution in [0.15, 0.2) is 12.2 Å². The van der Waals surface area contributed by atoms with E-state index in [1.165, 1.54) is 25.7 Å². The summed E-state index contributed by atoms with van der Waals surface area (Å²) in [6, 6.07) is 0. The standard InChI is InChI=1S/C17H28O3/c1-3-5-7-8-10-12-14(11-9-6-4-2)15-13-16(18)20-17(15)19/h8,10,14-15H,3-7,9,11-13H2,1-2H3. The van der Waals surface area contributed by atoms with Gasteiger partial charge in [0, 0.05) is 0 Å². The predicted octanol–water partition coefficient (Wildman–Crippen LogP) is 4.41. The third-order valence-electron chi connectivity index (χ3n) is 3.98. The van der Waals surface area contributed by atoms with Crippen molar-refractivity contribution >= 4 is 11.9 Å². The van der Waals surface area contributed by atoms with Gasteiger partial charge in [-0.25, -0.2) is 0 Å². The Hall–Kier alpha value is -1.12. The molecule has 2 atom stereocenters. The summed E-state index contributed by atoms with van der Waals surface area (Å²) >= 11 is 0. The van der Waals surface area contributed by atoms with Crippen molar-refractivity contribution < 1.29 is 14.3 Å². The molecule has 1 aliphatic heterocycles. The normalized spacial score (nSPS) is 20.6. The molecule has 114 valence electrons. The minimum absolute atomic E-state index is 0.213. The van der Waals surface area contributed by atoms with Gasteiger partial charge in [0.1, 0.15) is 0 Å². The van der Waals surface area contributed by atoms with Crippen LogP contribution in [0.1, 0.15) is 71.6 Å². The number of carbonyl (C=O) groups excluding carboxylic acids is 2. The molecule has 1 aliphatic rings. The Bertz CT molecular complexity index is 333. The minimum Gasteiger partial charge on any atom is -0.393 e. The lowest BCUT2D eigenvalue weighted by Gasteiger charge is -2.18. The van der Waals surface area contributed by atoms with Crippen molar-refractivity contribution in [2.24, 2.45) is 11.8 Å². The Labute approximate surface area is 122 Å². The average molecular weight is 280 g/mol. The minimum atomic E-state index is -0.351. The summed E-state index contributed by atoms with van der Waals surface area (Å²) in [5.74, 6) is -0.609. The van der Waals surface area contributed by atoms with Crippen LogP contribution < -0.4 is 0 Å². The quantitative estimate of drug-likeness (QED) is 0.258. The molecule has 0 bridgehead atoms. The molecule has 3 nitrogen and oxygen atoms in total. The summed E-state index contributed by atoms with van der Waals surface area (Å²) in [6.45, 7) is 4.36. The van der Waals surface area contributed by atoms with Gasteiger partial charge in [-0.1, -0.05) is 58.1 Å². The molecule has 1 saturated heterocycles. The third kappa shape index (κ3) is 5.89. The summed E-state index contributed by atoms with van der Waals surface area (Å²) in [7, 11) is 0. The molecular weight excluding hydrogens is 252 g/mol. The maximum Gasteiger partial charge on any atom is 0.317 e. The van der Waals surface area contributed by atoms with E-state index in [1.54, 1.807) is 0 Å². The van der Waals surface area contributed by atoms with E-state index in [0.29, 0.717) is 0 Å². The first-order valence-corrected chi connectivity index (χ1v) is 8.08. The molecule has 0 radical (unpaired) electrons. The van der Waals surface area contributed by atoms with Gasteiger partial charge in [0.15, 0.2) is 0 Å². The highest BCUT2D eigenvalue weighted by atomic mass is 16.6. The highest BCUT2D eigenvalue weighted by Gasteiger charge is 2.38. The Morgan fingerprint density at radius 2 is 1.90 bits per heavy atom. The van der Waals surface area contributed by atoms with E-state index in [-0.39, 0.29) is 30.2 Å². The predicted molar refractivity (Wildman–Crippen MR) is 80.1 cm³/mol. The van der Waals surface area contributed by atoms with Crippen molar-refractivity contribution in [2.75, 3.05) is 0 Å². The molecule has 0 aromatic rings. The van der Waals surface area contributed by atoms with Crippen molar-refractivity contribution in [1.29, 1.82) is 0 Å². The maximum absolute atomic E-state index is 11.7. The molecule has 1 heterocycles. The zero-order valence-electron chi connectivity index (χ0n) is 12.9. The molecule has 0 aliphatic carbocycles. The molecule has 1 rings (SSSR count). The van der Waals surface area contributed by atoms with Crippen molar-refractivity contribution in [2.45, 2.75) is 71.6 Å². The molecule has 1 fully saturated rings. The van der Waals surface area contributed by atoms with Gasteiger partial charge < -0.3 is 4.74 Å². The average Bonchev–Trinajstić information content (AvgIpc) is 2.75. The molecule has 0 aromatic heterocycles. The van der Waals surface area contributed by atoms with Gasteiger partial charge in [-0.15, -0.1) is 0 Å². The lowest BCUT2D eigenvalue weighted by atomic mass is 9.84. The smallest absolute Gasteiger partial charge is 0.317 e. The second kappa shape index (κ2) is 9.73. The highest BCUT2D eigenvalue weighted by Crippen LogP contribution is 2.31. The zero-order chi connectivity index (χ0) is 14.8. The summed E-state index contributed by atoms with van der Waals surface area (Å²) in [5, 5.41) is 0. The van der Waals surface area contributed by atoms with E-state index >= 15 is 0 Å². The van der Waals surface area contributed by atoms with Crippen LogP contribution in [0.2, 0.25) is 0 Å². The number of cyclic esters (lactones) is 2. The molecule has 0 spiro atoms. The van der Waals surface area contributed by atoms with E-state index in [0.717, 1.165) is 25.7 Å². The summed E-state index contributed by atoms with van der Waals surface area (Å²) in [5.41, 5.74) is 0. The molecule has 0 aromatic carbocycles. The summed E-state index contributed by atoms with van der Waals surface area (Å²) in [4.78, 5) is 23.0. The van der Waals surface area contributed by atoms with Gasteiger partial charge >= 0.3 is 11.9 Å². The summed E-state index contributed by atoms with van der Waals surface area (Å²) < 4.78 is 4.70. The van der Waals surface area contributed by atoms with Crippen molar-refractivity contribution in [1.82, 2.24) is 0 Å². The fraction of sp³-hybridized carbons (Fsp3) is 0.765. The Morgan fingerprint density at radius 1 is 1.15 bits per heavy atom. The number of rotatable bonds is 10. The lowest BCUT2D eigenvalue weighted by Crippen LogP contribution is -2.19. The topological polar surface area (TPSA) is 43.4 Å². The van der Waals surface area contributed by atoms with Crippen molar-refractivity contribution in [3.8, 4) is 0 Å². The van der Waals surface area contributed by atoms with E-state index in [4.69, 9.17) is 4.74 Å². The van der Waals surface area contributed by atoms with Gasteiger partial charge in [0.2, 0.25) is 0 Å². The van der Waals surface area contributed by atoms with Gasteiger partial charge in [-0.3, -0.25) is 9.59 Å². The van der Waals surface area contributed by atoms with Crippen LogP contribution in [0.5, 0.6) is 0 Å². The van der Waals surface area contributed by atoms with Crippen LogP contribution in [0, 0.1) is 11.8 Å². The van der Waals surface area contributed by atoms with Crippen LogP contribution in [0.25, 0.3) is 0 Å². The van der Waals surface area contributed by atoms with E-state index in [1.807, 2.05) is 0 Å². The molecule has 2 unspecified atom stereocenters. The fourth-order valence-electron chi connectivity index (χ4n) is 2.70.